The zero-order chi connectivity index (χ0) is 28.8. The highest BCUT2D eigenvalue weighted by molar-refractivity contribution is 6.31. The molecule has 216 valence electrons. The van der Waals surface area contributed by atoms with Crippen molar-refractivity contribution in [2.45, 2.75) is 39.7 Å². The maximum absolute atomic E-state index is 15.3. The molecule has 0 radical (unpaired) electrons. The van der Waals surface area contributed by atoms with E-state index >= 15 is 4.39 Å². The minimum Gasteiger partial charge on any atom is -0.462 e. The van der Waals surface area contributed by atoms with Gasteiger partial charge in [0, 0.05) is 43.4 Å². The summed E-state index contributed by atoms with van der Waals surface area (Å²) >= 11 is 6.32. The number of ether oxygens (including phenoxy) is 3. The van der Waals surface area contributed by atoms with Gasteiger partial charge in [0.2, 0.25) is 5.43 Å². The lowest BCUT2D eigenvalue weighted by Gasteiger charge is -2.29. The highest BCUT2D eigenvalue weighted by Crippen LogP contribution is 2.31. The summed E-state index contributed by atoms with van der Waals surface area (Å²) in [7, 11) is 0. The molecule has 0 aliphatic carbocycles. The highest BCUT2D eigenvalue weighted by atomic mass is 35.5. The minimum atomic E-state index is -0.742. The summed E-state index contributed by atoms with van der Waals surface area (Å²) < 4.78 is 33.2. The normalized spacial score (nSPS) is 14.5. The van der Waals surface area contributed by atoms with Crippen LogP contribution in [0, 0.1) is 5.82 Å². The molecule has 8 nitrogen and oxygen atoms in total. The molecule has 0 bridgehead atoms. The molecule has 2 heterocycles. The number of hydrogen-bond acceptors (Lipinski definition) is 7. The smallest absolute Gasteiger partial charge is 0.343 e. The van der Waals surface area contributed by atoms with Gasteiger partial charge in [-0.05, 0) is 61.2 Å². The number of aromatic nitrogens is 1. The Bertz CT molecular complexity index is 1420. The number of rotatable bonds is 11. The second-order valence-electron chi connectivity index (χ2n) is 9.66. The van der Waals surface area contributed by atoms with Crippen LogP contribution in [0.1, 0.15) is 53.9 Å². The third-order valence-corrected chi connectivity index (χ3v) is 7.47. The van der Waals surface area contributed by atoms with Gasteiger partial charge >= 0.3 is 5.97 Å². The first-order valence-electron chi connectivity index (χ1n) is 13.7. The molecule has 10 heteroatoms. The Kier molecular flexibility index (Phi) is 10.2. The predicted molar refractivity (Wildman–Crippen MR) is 153 cm³/mol. The number of aliphatic hydroxyl groups excluding tert-OH is 1. The zero-order valence-electron chi connectivity index (χ0n) is 23.2. The molecule has 1 aliphatic rings. The molecule has 0 unspecified atom stereocenters. The summed E-state index contributed by atoms with van der Waals surface area (Å²) in [5.41, 5.74) is 2.82. The monoisotopic (exact) mass is 574 g/mol. The van der Waals surface area contributed by atoms with Gasteiger partial charge in [-0.1, -0.05) is 18.5 Å². The van der Waals surface area contributed by atoms with Crippen LogP contribution in [0.25, 0.3) is 10.9 Å². The van der Waals surface area contributed by atoms with Crippen molar-refractivity contribution < 1.29 is 28.5 Å². The van der Waals surface area contributed by atoms with Crippen LogP contribution in [-0.4, -0.2) is 68.4 Å². The molecular weight excluding hydrogens is 539 g/mol. The Morgan fingerprint density at radius 2 is 1.85 bits per heavy atom. The number of fused-ring (bicyclic) bond motifs is 1. The summed E-state index contributed by atoms with van der Waals surface area (Å²) in [4.78, 5) is 28.4. The van der Waals surface area contributed by atoms with Crippen molar-refractivity contribution in [2.75, 3.05) is 57.6 Å². The van der Waals surface area contributed by atoms with E-state index in [-0.39, 0.29) is 42.2 Å². The van der Waals surface area contributed by atoms with Crippen molar-refractivity contribution in [3.8, 4) is 0 Å². The lowest BCUT2D eigenvalue weighted by Crippen LogP contribution is -2.36. The van der Waals surface area contributed by atoms with Crippen molar-refractivity contribution in [3.63, 3.8) is 0 Å². The van der Waals surface area contributed by atoms with Gasteiger partial charge in [-0.25, -0.2) is 9.18 Å². The summed E-state index contributed by atoms with van der Waals surface area (Å²) in [6.45, 7) is 8.52. The van der Waals surface area contributed by atoms with Crippen molar-refractivity contribution in [3.05, 3.63) is 73.8 Å². The van der Waals surface area contributed by atoms with E-state index in [4.69, 9.17) is 25.8 Å². The number of esters is 1. The minimum absolute atomic E-state index is 0.0338. The quantitative estimate of drug-likeness (QED) is 0.337. The summed E-state index contributed by atoms with van der Waals surface area (Å²) in [5, 5.41) is 10.5. The molecule has 4 rings (SSSR count). The van der Waals surface area contributed by atoms with Gasteiger partial charge in [-0.3, -0.25) is 4.79 Å². The molecule has 1 aliphatic heterocycles. The Labute approximate surface area is 238 Å². The number of pyridine rings is 1. The van der Waals surface area contributed by atoms with E-state index in [0.717, 1.165) is 16.8 Å². The van der Waals surface area contributed by atoms with E-state index in [2.05, 4.69) is 4.90 Å². The van der Waals surface area contributed by atoms with Crippen molar-refractivity contribution in [1.82, 2.24) is 4.57 Å². The third kappa shape index (κ3) is 6.33. The Hall–Kier alpha value is -2.98. The zero-order valence-corrected chi connectivity index (χ0v) is 23.9. The molecule has 0 saturated carbocycles. The van der Waals surface area contributed by atoms with E-state index < -0.39 is 23.3 Å². The van der Waals surface area contributed by atoms with Gasteiger partial charge in [0.25, 0.3) is 0 Å². The van der Waals surface area contributed by atoms with Crippen LogP contribution in [-0.2, 0) is 27.1 Å². The third-order valence-electron chi connectivity index (χ3n) is 7.19. The standard InChI is InChI=1S/C30H36ClFN2O6/c1-4-19-14-27-24(29(36)25(30(37)40-6-3)16-34(27)23(17-35)18-38-5-2)13-20(19)11-21-12-22(15-26(31)28(21)32)33-7-9-39-10-8-33/h12-16,23,35H,4-11,17-18H2,1-3H3/t23-/m1/s1. The number of carbonyl (C=O) groups excluding carboxylic acids is 1. The molecule has 1 atom stereocenters. The number of benzene rings is 2. The first kappa shape index (κ1) is 30.0. The van der Waals surface area contributed by atoms with E-state index in [9.17, 15) is 14.7 Å². The number of anilines is 1. The Morgan fingerprint density at radius 3 is 2.50 bits per heavy atom. The number of nitrogens with zero attached hydrogens (tertiary/aromatic N) is 2. The Morgan fingerprint density at radius 1 is 1.10 bits per heavy atom. The number of hydrogen-bond donors (Lipinski definition) is 1. The largest absolute Gasteiger partial charge is 0.462 e. The second kappa shape index (κ2) is 13.6. The molecule has 0 amide bonds. The Balaban J connectivity index is 1.87. The number of halogens is 2. The van der Waals surface area contributed by atoms with Crippen LogP contribution in [0.15, 0.2) is 35.3 Å². The second-order valence-corrected chi connectivity index (χ2v) is 10.1. The number of aryl methyl sites for hydroxylation is 1. The van der Waals surface area contributed by atoms with E-state index in [1.54, 1.807) is 29.7 Å². The molecule has 1 saturated heterocycles. The van der Waals surface area contributed by atoms with Crippen molar-refractivity contribution in [1.29, 1.82) is 0 Å². The maximum atomic E-state index is 15.3. The van der Waals surface area contributed by atoms with Crippen LogP contribution < -0.4 is 10.3 Å². The van der Waals surface area contributed by atoms with E-state index in [1.807, 2.05) is 19.9 Å². The van der Waals surface area contributed by atoms with Crippen LogP contribution in [0.2, 0.25) is 5.02 Å². The molecule has 2 aromatic carbocycles. The molecule has 1 N–H and O–H groups in total. The SMILES string of the molecule is CCOC[C@@H](CO)n1cc(C(=O)OCC)c(=O)c2cc(Cc3cc(N4CCOCC4)cc(Cl)c3F)c(CC)cc21. The highest BCUT2D eigenvalue weighted by Gasteiger charge is 2.23. The van der Waals surface area contributed by atoms with Crippen molar-refractivity contribution in [2.24, 2.45) is 0 Å². The van der Waals surface area contributed by atoms with Crippen molar-refractivity contribution >= 4 is 34.2 Å². The molecule has 0 spiro atoms. The van der Waals surface area contributed by atoms with Crippen LogP contribution >= 0.6 is 11.6 Å². The maximum Gasteiger partial charge on any atom is 0.343 e. The number of morpholine rings is 1. The van der Waals surface area contributed by atoms with Gasteiger partial charge in [0.15, 0.2) is 0 Å². The summed E-state index contributed by atoms with van der Waals surface area (Å²) in [6, 6.07) is 6.49. The number of aliphatic hydroxyl groups is 1. The molecule has 40 heavy (non-hydrogen) atoms. The van der Waals surface area contributed by atoms with E-state index in [1.165, 1.54) is 6.20 Å². The topological polar surface area (TPSA) is 90.2 Å². The van der Waals surface area contributed by atoms with Gasteiger partial charge in [0.05, 0.1) is 49.6 Å². The van der Waals surface area contributed by atoms with E-state index in [0.29, 0.717) is 50.4 Å². The fourth-order valence-corrected chi connectivity index (χ4v) is 5.31. The molecule has 3 aromatic rings. The van der Waals surface area contributed by atoms with Crippen LogP contribution in [0.3, 0.4) is 0 Å². The molecule has 1 aromatic heterocycles. The summed E-state index contributed by atoms with van der Waals surface area (Å²) in [6.07, 6.45) is 2.26. The fraction of sp³-hybridized carbons (Fsp3) is 0.467. The first-order chi connectivity index (χ1) is 19.3. The average Bonchev–Trinajstić information content (AvgIpc) is 2.97. The number of carbonyl (C=O) groups is 1. The first-order valence-corrected chi connectivity index (χ1v) is 14.1. The average molecular weight is 575 g/mol. The van der Waals surface area contributed by atoms with Gasteiger partial charge in [-0.2, -0.15) is 0 Å². The van der Waals surface area contributed by atoms with Crippen LogP contribution in [0.4, 0.5) is 10.1 Å². The molecular formula is C30H36ClFN2O6. The van der Waals surface area contributed by atoms with Gasteiger partial charge in [0.1, 0.15) is 11.4 Å². The van der Waals surface area contributed by atoms with Gasteiger partial charge < -0.3 is 28.8 Å². The van der Waals surface area contributed by atoms with Gasteiger partial charge in [-0.15, -0.1) is 0 Å². The molecule has 1 fully saturated rings. The lowest BCUT2D eigenvalue weighted by molar-refractivity contribution is 0.0521. The van der Waals surface area contributed by atoms with Crippen LogP contribution in [0.5, 0.6) is 0 Å². The predicted octanol–water partition coefficient (Wildman–Crippen LogP) is 4.53. The fourth-order valence-electron chi connectivity index (χ4n) is 5.08. The summed E-state index contributed by atoms with van der Waals surface area (Å²) in [5.74, 6) is -1.25. The lowest BCUT2D eigenvalue weighted by atomic mass is 9.94.